The highest BCUT2D eigenvalue weighted by Crippen LogP contribution is 2.35. The van der Waals surface area contributed by atoms with Gasteiger partial charge >= 0.3 is 0 Å². The first-order valence-electron chi connectivity index (χ1n) is 7.53. The lowest BCUT2D eigenvalue weighted by Gasteiger charge is -2.09. The zero-order valence-corrected chi connectivity index (χ0v) is 13.4. The van der Waals surface area contributed by atoms with E-state index >= 15 is 0 Å². The molecule has 2 nitrogen and oxygen atoms in total. The Morgan fingerprint density at radius 1 is 0.826 bits per heavy atom. The van der Waals surface area contributed by atoms with Crippen LogP contribution in [0.4, 0.5) is 0 Å². The van der Waals surface area contributed by atoms with Gasteiger partial charge in [0.1, 0.15) is 5.82 Å². The molecular weight excluding hydrogens is 304 g/mol. The van der Waals surface area contributed by atoms with E-state index in [4.69, 9.17) is 16.6 Å². The number of hydrogen-bond donors (Lipinski definition) is 1. The molecule has 0 aliphatic carbocycles. The van der Waals surface area contributed by atoms with Crippen LogP contribution in [0, 0.1) is 6.92 Å². The second-order valence-corrected chi connectivity index (χ2v) is 6.04. The van der Waals surface area contributed by atoms with Crippen LogP contribution in [0.5, 0.6) is 0 Å². The molecule has 1 aromatic heterocycles. The van der Waals surface area contributed by atoms with Gasteiger partial charge in [-0.1, -0.05) is 60.1 Å². The predicted molar refractivity (Wildman–Crippen MR) is 96.7 cm³/mol. The van der Waals surface area contributed by atoms with Gasteiger partial charge in [-0.25, -0.2) is 4.98 Å². The Kier molecular flexibility index (Phi) is 3.40. The first-order chi connectivity index (χ1) is 11.2. The molecule has 4 aromatic rings. The highest BCUT2D eigenvalue weighted by molar-refractivity contribution is 6.33. The van der Waals surface area contributed by atoms with Gasteiger partial charge in [-0.2, -0.15) is 0 Å². The van der Waals surface area contributed by atoms with Gasteiger partial charge in [0.05, 0.1) is 11.0 Å². The van der Waals surface area contributed by atoms with E-state index in [9.17, 15) is 0 Å². The molecule has 4 rings (SSSR count). The third-order valence-corrected chi connectivity index (χ3v) is 4.31. The number of aromatic amines is 1. The van der Waals surface area contributed by atoms with Crippen molar-refractivity contribution >= 4 is 22.6 Å². The van der Waals surface area contributed by atoms with Crippen LogP contribution in [0.3, 0.4) is 0 Å². The lowest BCUT2D eigenvalue weighted by Crippen LogP contribution is -1.87. The van der Waals surface area contributed by atoms with Crippen molar-refractivity contribution in [3.63, 3.8) is 0 Å². The van der Waals surface area contributed by atoms with Gasteiger partial charge in [0.2, 0.25) is 0 Å². The fraction of sp³-hybridized carbons (Fsp3) is 0.0500. The summed E-state index contributed by atoms with van der Waals surface area (Å²) in [7, 11) is 0. The number of halogens is 1. The number of rotatable bonds is 2. The molecular formula is C20H15ClN2. The third-order valence-electron chi connectivity index (χ3n) is 3.98. The molecule has 0 saturated heterocycles. The monoisotopic (exact) mass is 318 g/mol. The van der Waals surface area contributed by atoms with Crippen LogP contribution in [0.1, 0.15) is 5.56 Å². The molecule has 112 valence electrons. The molecule has 3 heteroatoms. The van der Waals surface area contributed by atoms with E-state index in [1.54, 1.807) is 0 Å². The minimum atomic E-state index is 0.743. The Balaban J connectivity index is 1.93. The minimum absolute atomic E-state index is 0.743. The number of benzene rings is 3. The number of nitrogens with zero attached hydrogens (tertiary/aromatic N) is 1. The number of H-pyrrole nitrogens is 1. The van der Waals surface area contributed by atoms with E-state index < -0.39 is 0 Å². The van der Waals surface area contributed by atoms with E-state index in [1.807, 2.05) is 42.5 Å². The number of fused-ring (bicyclic) bond motifs is 1. The maximum Gasteiger partial charge on any atom is 0.139 e. The molecule has 0 radical (unpaired) electrons. The third kappa shape index (κ3) is 2.51. The fourth-order valence-corrected chi connectivity index (χ4v) is 3.09. The van der Waals surface area contributed by atoms with E-state index in [-0.39, 0.29) is 0 Å². The number of aryl methyl sites for hydroxylation is 1. The van der Waals surface area contributed by atoms with Gasteiger partial charge in [-0.15, -0.1) is 0 Å². The van der Waals surface area contributed by atoms with Gasteiger partial charge in [0.25, 0.3) is 0 Å². The molecule has 0 fully saturated rings. The standard InChI is InChI=1S/C20H15ClN2/c1-13-10-11-18-19(12-13)23-20(22-18)16-8-3-2-6-14(16)15-7-4-5-9-17(15)21/h2-12H,1H3,(H,22,23). The van der Waals surface area contributed by atoms with Crippen molar-refractivity contribution in [2.45, 2.75) is 6.92 Å². The molecule has 0 aliphatic heterocycles. The molecule has 1 heterocycles. The van der Waals surface area contributed by atoms with E-state index in [1.165, 1.54) is 5.56 Å². The minimum Gasteiger partial charge on any atom is -0.338 e. The molecule has 0 unspecified atom stereocenters. The van der Waals surface area contributed by atoms with Crippen molar-refractivity contribution in [1.29, 1.82) is 0 Å². The summed E-state index contributed by atoms with van der Waals surface area (Å²) in [5.74, 6) is 0.862. The summed E-state index contributed by atoms with van der Waals surface area (Å²) in [5, 5.41) is 0.743. The predicted octanol–water partition coefficient (Wildman–Crippen LogP) is 5.86. The first-order valence-corrected chi connectivity index (χ1v) is 7.91. The van der Waals surface area contributed by atoms with Gasteiger partial charge in [-0.05, 0) is 36.2 Å². The summed E-state index contributed by atoms with van der Waals surface area (Å²) < 4.78 is 0. The molecule has 23 heavy (non-hydrogen) atoms. The summed E-state index contributed by atoms with van der Waals surface area (Å²) >= 11 is 6.39. The maximum atomic E-state index is 6.39. The van der Waals surface area contributed by atoms with Gasteiger partial charge in [-0.3, -0.25) is 0 Å². The van der Waals surface area contributed by atoms with Crippen LogP contribution >= 0.6 is 11.6 Å². The van der Waals surface area contributed by atoms with Gasteiger partial charge in [0.15, 0.2) is 0 Å². The molecule has 0 saturated carbocycles. The molecule has 0 amide bonds. The maximum absolute atomic E-state index is 6.39. The van der Waals surface area contributed by atoms with Crippen molar-refractivity contribution in [2.24, 2.45) is 0 Å². The van der Waals surface area contributed by atoms with Crippen molar-refractivity contribution in [3.05, 3.63) is 77.3 Å². The van der Waals surface area contributed by atoms with Crippen LogP contribution in [0.25, 0.3) is 33.5 Å². The van der Waals surface area contributed by atoms with Crippen LogP contribution < -0.4 is 0 Å². The lowest BCUT2D eigenvalue weighted by molar-refractivity contribution is 1.33. The summed E-state index contributed by atoms with van der Waals surface area (Å²) in [5.41, 5.74) is 6.38. The Morgan fingerprint density at radius 3 is 2.30 bits per heavy atom. The lowest BCUT2D eigenvalue weighted by atomic mass is 9.99. The highest BCUT2D eigenvalue weighted by atomic mass is 35.5. The Labute approximate surface area is 139 Å². The van der Waals surface area contributed by atoms with Crippen molar-refractivity contribution in [3.8, 4) is 22.5 Å². The number of aromatic nitrogens is 2. The number of nitrogens with one attached hydrogen (secondary N) is 1. The Bertz CT molecular complexity index is 1000. The van der Waals surface area contributed by atoms with E-state index in [2.05, 4.69) is 36.2 Å². The van der Waals surface area contributed by atoms with Crippen LogP contribution in [-0.4, -0.2) is 9.97 Å². The van der Waals surface area contributed by atoms with Crippen LogP contribution in [0.15, 0.2) is 66.7 Å². The summed E-state index contributed by atoms with van der Waals surface area (Å²) in [6.07, 6.45) is 0. The summed E-state index contributed by atoms with van der Waals surface area (Å²) in [6, 6.07) is 22.3. The zero-order chi connectivity index (χ0) is 15.8. The second kappa shape index (κ2) is 5.56. The van der Waals surface area contributed by atoms with Crippen LogP contribution in [0.2, 0.25) is 5.02 Å². The number of hydrogen-bond acceptors (Lipinski definition) is 1. The van der Waals surface area contributed by atoms with Gasteiger partial charge in [0, 0.05) is 16.1 Å². The fourth-order valence-electron chi connectivity index (χ4n) is 2.86. The van der Waals surface area contributed by atoms with E-state index in [0.29, 0.717) is 0 Å². The molecule has 0 spiro atoms. The Morgan fingerprint density at radius 2 is 1.52 bits per heavy atom. The molecule has 0 aliphatic rings. The van der Waals surface area contributed by atoms with Crippen molar-refractivity contribution in [1.82, 2.24) is 9.97 Å². The normalized spacial score (nSPS) is 11.0. The number of imidazole rings is 1. The smallest absolute Gasteiger partial charge is 0.139 e. The average molecular weight is 319 g/mol. The van der Waals surface area contributed by atoms with Crippen LogP contribution in [-0.2, 0) is 0 Å². The quantitative estimate of drug-likeness (QED) is 0.493. The zero-order valence-electron chi connectivity index (χ0n) is 12.7. The first kappa shape index (κ1) is 14.0. The van der Waals surface area contributed by atoms with E-state index in [0.717, 1.165) is 38.6 Å². The van der Waals surface area contributed by atoms with Gasteiger partial charge < -0.3 is 4.98 Å². The average Bonchev–Trinajstić information content (AvgIpc) is 2.98. The summed E-state index contributed by atoms with van der Waals surface area (Å²) in [4.78, 5) is 8.17. The molecule has 1 N–H and O–H groups in total. The SMILES string of the molecule is Cc1ccc2nc(-c3ccccc3-c3ccccc3Cl)[nH]c2c1. The molecule has 0 atom stereocenters. The topological polar surface area (TPSA) is 28.7 Å². The largest absolute Gasteiger partial charge is 0.338 e. The van der Waals surface area contributed by atoms with Crippen molar-refractivity contribution in [2.75, 3.05) is 0 Å². The second-order valence-electron chi connectivity index (χ2n) is 5.63. The Hall–Kier alpha value is -2.58. The molecule has 3 aromatic carbocycles. The summed E-state index contributed by atoms with van der Waals surface area (Å²) in [6.45, 7) is 2.08. The highest BCUT2D eigenvalue weighted by Gasteiger charge is 2.12. The molecule has 0 bridgehead atoms. The van der Waals surface area contributed by atoms with Crippen molar-refractivity contribution < 1.29 is 0 Å².